The van der Waals surface area contributed by atoms with E-state index in [2.05, 4.69) is 13.8 Å². The van der Waals surface area contributed by atoms with Gasteiger partial charge in [0, 0.05) is 12.8 Å². The van der Waals surface area contributed by atoms with Crippen LogP contribution in [-0.2, 0) is 14.3 Å². The molecule has 0 amide bonds. The summed E-state index contributed by atoms with van der Waals surface area (Å²) in [7, 11) is 0. The highest BCUT2D eigenvalue weighted by molar-refractivity contribution is 5.70. The lowest BCUT2D eigenvalue weighted by Gasteiger charge is -2.18. The predicted molar refractivity (Wildman–Crippen MR) is 117 cm³/mol. The molecule has 1 atom stereocenters. The topological polar surface area (TPSA) is 63.6 Å². The molecule has 0 aliphatic heterocycles. The second kappa shape index (κ2) is 20.7. The molecule has 0 rings (SSSR count). The van der Waals surface area contributed by atoms with Gasteiger partial charge < -0.3 is 9.84 Å². The van der Waals surface area contributed by atoms with Crippen molar-refractivity contribution in [2.75, 3.05) is 0 Å². The second-order valence-corrected chi connectivity index (χ2v) is 8.18. The molecule has 0 aliphatic rings. The maximum atomic E-state index is 12.0. The fraction of sp³-hybridized carbons (Fsp3) is 0.917. The summed E-state index contributed by atoms with van der Waals surface area (Å²) >= 11 is 0. The highest BCUT2D eigenvalue weighted by Crippen LogP contribution is 2.17. The maximum Gasteiger partial charge on any atom is 0.306 e. The van der Waals surface area contributed by atoms with Crippen LogP contribution in [0.2, 0.25) is 0 Å². The Morgan fingerprint density at radius 2 is 1.11 bits per heavy atom. The minimum absolute atomic E-state index is 0.0467. The fourth-order valence-corrected chi connectivity index (χ4v) is 3.52. The smallest absolute Gasteiger partial charge is 0.306 e. The summed E-state index contributed by atoms with van der Waals surface area (Å²) in [5, 5.41) is 8.64. The molecule has 28 heavy (non-hydrogen) atoms. The number of hydrogen-bond acceptors (Lipinski definition) is 3. The lowest BCUT2D eigenvalue weighted by molar-refractivity contribution is -0.150. The van der Waals surface area contributed by atoms with Crippen molar-refractivity contribution in [2.45, 2.75) is 142 Å². The Hall–Kier alpha value is -1.06. The van der Waals surface area contributed by atoms with Gasteiger partial charge in [0.05, 0.1) is 0 Å². The first-order valence-electron chi connectivity index (χ1n) is 12.0. The zero-order chi connectivity index (χ0) is 20.9. The first-order chi connectivity index (χ1) is 13.6. The van der Waals surface area contributed by atoms with Crippen molar-refractivity contribution in [1.29, 1.82) is 0 Å². The van der Waals surface area contributed by atoms with Gasteiger partial charge in [-0.2, -0.15) is 0 Å². The molecule has 0 saturated heterocycles. The summed E-state index contributed by atoms with van der Waals surface area (Å²) in [5.74, 6) is -0.958. The van der Waals surface area contributed by atoms with E-state index < -0.39 is 5.97 Å². The Kier molecular flexibility index (Phi) is 19.9. The van der Waals surface area contributed by atoms with E-state index in [4.69, 9.17) is 9.84 Å². The molecule has 0 fully saturated rings. The third kappa shape index (κ3) is 19.7. The van der Waals surface area contributed by atoms with Gasteiger partial charge in [-0.3, -0.25) is 9.59 Å². The Bertz CT molecular complexity index is 368. The second-order valence-electron chi connectivity index (χ2n) is 8.18. The van der Waals surface area contributed by atoms with E-state index in [0.717, 1.165) is 32.1 Å². The number of carbonyl (C=O) groups excluding carboxylic acids is 1. The number of hydrogen-bond donors (Lipinski definition) is 1. The van der Waals surface area contributed by atoms with Crippen LogP contribution in [0.25, 0.3) is 0 Å². The summed E-state index contributed by atoms with van der Waals surface area (Å²) in [6.07, 6.45) is 20.4. The lowest BCUT2D eigenvalue weighted by atomic mass is 10.0. The minimum Gasteiger partial charge on any atom is -0.481 e. The number of carboxylic acids is 1. The molecular weight excluding hydrogens is 352 g/mol. The van der Waals surface area contributed by atoms with Crippen LogP contribution in [0, 0.1) is 0 Å². The maximum absolute atomic E-state index is 12.0. The fourth-order valence-electron chi connectivity index (χ4n) is 3.52. The number of ether oxygens (including phenoxy) is 1. The van der Waals surface area contributed by atoms with E-state index in [1.165, 1.54) is 64.2 Å². The van der Waals surface area contributed by atoms with Crippen molar-refractivity contribution in [3.8, 4) is 0 Å². The van der Waals surface area contributed by atoms with Crippen LogP contribution in [-0.4, -0.2) is 23.1 Å². The SMILES string of the molecule is CCCCCCCCCCCCCC(CCCC)OC(=O)CCCCC(=O)O. The zero-order valence-electron chi connectivity index (χ0n) is 18.7. The van der Waals surface area contributed by atoms with Gasteiger partial charge >= 0.3 is 11.9 Å². The molecule has 0 radical (unpaired) electrons. The Balaban J connectivity index is 3.73. The van der Waals surface area contributed by atoms with Gasteiger partial charge in [0.1, 0.15) is 6.10 Å². The minimum atomic E-state index is -0.800. The number of carboxylic acid groups (broad SMARTS) is 1. The van der Waals surface area contributed by atoms with E-state index in [1.54, 1.807) is 0 Å². The van der Waals surface area contributed by atoms with Crippen LogP contribution in [0.15, 0.2) is 0 Å². The van der Waals surface area contributed by atoms with Crippen molar-refractivity contribution in [2.24, 2.45) is 0 Å². The molecule has 0 aromatic carbocycles. The third-order valence-electron chi connectivity index (χ3n) is 5.33. The van der Waals surface area contributed by atoms with Crippen LogP contribution in [0.5, 0.6) is 0 Å². The third-order valence-corrected chi connectivity index (χ3v) is 5.33. The van der Waals surface area contributed by atoms with Crippen LogP contribution in [0.1, 0.15) is 136 Å². The molecule has 0 aromatic heterocycles. The number of esters is 1. The molecule has 166 valence electrons. The average molecular weight is 399 g/mol. The van der Waals surface area contributed by atoms with Gasteiger partial charge in [0.2, 0.25) is 0 Å². The molecule has 0 heterocycles. The van der Waals surface area contributed by atoms with E-state index in [1.807, 2.05) is 0 Å². The molecule has 0 bridgehead atoms. The molecule has 4 nitrogen and oxygen atoms in total. The van der Waals surface area contributed by atoms with E-state index >= 15 is 0 Å². The van der Waals surface area contributed by atoms with Gasteiger partial charge in [-0.05, 0) is 32.1 Å². The molecule has 0 aromatic rings. The summed E-state index contributed by atoms with van der Waals surface area (Å²) in [6.45, 7) is 4.42. The van der Waals surface area contributed by atoms with Crippen molar-refractivity contribution < 1.29 is 19.4 Å². The van der Waals surface area contributed by atoms with Gasteiger partial charge in [-0.1, -0.05) is 90.9 Å². The highest BCUT2D eigenvalue weighted by atomic mass is 16.5. The van der Waals surface area contributed by atoms with E-state index in [9.17, 15) is 9.59 Å². The van der Waals surface area contributed by atoms with Gasteiger partial charge in [-0.15, -0.1) is 0 Å². The molecular formula is C24H46O4. The van der Waals surface area contributed by atoms with E-state index in [0.29, 0.717) is 19.3 Å². The Morgan fingerprint density at radius 1 is 0.643 bits per heavy atom. The van der Waals surface area contributed by atoms with Crippen LogP contribution in [0.3, 0.4) is 0 Å². The number of aliphatic carboxylic acids is 1. The van der Waals surface area contributed by atoms with Crippen molar-refractivity contribution in [3.05, 3.63) is 0 Å². The Labute approximate surface area is 173 Å². The standard InChI is InChI=1S/C24H46O4/c1-3-5-7-8-9-10-11-12-13-14-15-19-22(18-6-4-2)28-24(27)21-17-16-20-23(25)26/h22H,3-21H2,1-2H3,(H,25,26). The van der Waals surface area contributed by atoms with Gasteiger partial charge in [0.15, 0.2) is 0 Å². The predicted octanol–water partition coefficient (Wildman–Crippen LogP) is 7.43. The largest absolute Gasteiger partial charge is 0.481 e. The van der Waals surface area contributed by atoms with Crippen molar-refractivity contribution >= 4 is 11.9 Å². The summed E-state index contributed by atoms with van der Waals surface area (Å²) < 4.78 is 5.67. The molecule has 1 N–H and O–H groups in total. The number of rotatable bonds is 21. The monoisotopic (exact) mass is 398 g/mol. The van der Waals surface area contributed by atoms with Crippen molar-refractivity contribution in [1.82, 2.24) is 0 Å². The Morgan fingerprint density at radius 3 is 1.64 bits per heavy atom. The zero-order valence-corrected chi connectivity index (χ0v) is 18.7. The number of carbonyl (C=O) groups is 2. The summed E-state index contributed by atoms with van der Waals surface area (Å²) in [6, 6.07) is 0. The molecule has 0 spiro atoms. The molecule has 1 unspecified atom stereocenters. The first-order valence-corrected chi connectivity index (χ1v) is 12.0. The quantitative estimate of drug-likeness (QED) is 0.161. The normalized spacial score (nSPS) is 12.1. The van der Waals surface area contributed by atoms with Crippen LogP contribution >= 0.6 is 0 Å². The highest BCUT2D eigenvalue weighted by Gasteiger charge is 2.14. The van der Waals surface area contributed by atoms with Crippen molar-refractivity contribution in [3.63, 3.8) is 0 Å². The van der Waals surface area contributed by atoms with E-state index in [-0.39, 0.29) is 18.5 Å². The lowest BCUT2D eigenvalue weighted by Crippen LogP contribution is -2.18. The molecule has 4 heteroatoms. The van der Waals surface area contributed by atoms with Crippen LogP contribution < -0.4 is 0 Å². The van der Waals surface area contributed by atoms with Crippen LogP contribution in [0.4, 0.5) is 0 Å². The average Bonchev–Trinajstić information content (AvgIpc) is 2.67. The number of unbranched alkanes of at least 4 members (excludes halogenated alkanes) is 12. The summed E-state index contributed by atoms with van der Waals surface area (Å²) in [4.78, 5) is 22.5. The van der Waals surface area contributed by atoms with Gasteiger partial charge in [0.25, 0.3) is 0 Å². The van der Waals surface area contributed by atoms with Gasteiger partial charge in [-0.25, -0.2) is 0 Å². The summed E-state index contributed by atoms with van der Waals surface area (Å²) in [5.41, 5.74) is 0. The molecule has 0 saturated carbocycles. The molecule has 0 aliphatic carbocycles. The first kappa shape index (κ1) is 26.9.